The predicted molar refractivity (Wildman–Crippen MR) is 83.1 cm³/mol. The summed E-state index contributed by atoms with van der Waals surface area (Å²) in [5.41, 5.74) is 0. The lowest BCUT2D eigenvalue weighted by Crippen LogP contribution is -2.50. The molecule has 6 heteroatoms. The molecule has 0 aromatic rings. The van der Waals surface area contributed by atoms with E-state index in [4.69, 9.17) is 11.6 Å². The number of alkyl halides is 1. The average molecular weight is 323 g/mol. The minimum atomic E-state index is -3.27. The number of hydrogen-bond donors (Lipinski definition) is 0. The van der Waals surface area contributed by atoms with Crippen LogP contribution < -0.4 is 0 Å². The van der Waals surface area contributed by atoms with E-state index in [0.29, 0.717) is 49.8 Å². The molecule has 2 aliphatic heterocycles. The highest BCUT2D eigenvalue weighted by Crippen LogP contribution is 2.28. The Kier molecular flexibility index (Phi) is 5.74. The van der Waals surface area contributed by atoms with Gasteiger partial charge in [-0.1, -0.05) is 13.8 Å². The number of rotatable bonds is 4. The molecule has 4 nitrogen and oxygen atoms in total. The van der Waals surface area contributed by atoms with E-state index in [9.17, 15) is 8.42 Å². The van der Waals surface area contributed by atoms with Gasteiger partial charge in [0.15, 0.2) is 0 Å². The van der Waals surface area contributed by atoms with Crippen LogP contribution in [-0.4, -0.2) is 49.1 Å². The molecular weight excluding hydrogens is 296 g/mol. The smallest absolute Gasteiger partial charge is 0.195 e. The highest BCUT2D eigenvalue weighted by Gasteiger charge is 2.35. The van der Waals surface area contributed by atoms with Crippen LogP contribution in [0.3, 0.4) is 0 Å². The van der Waals surface area contributed by atoms with Crippen LogP contribution in [0.25, 0.3) is 0 Å². The normalized spacial score (nSPS) is 28.1. The van der Waals surface area contributed by atoms with E-state index in [1.54, 1.807) is 8.61 Å². The second kappa shape index (κ2) is 6.95. The van der Waals surface area contributed by atoms with Crippen LogP contribution >= 0.6 is 11.6 Å². The Morgan fingerprint density at radius 1 is 1.10 bits per heavy atom. The van der Waals surface area contributed by atoms with Gasteiger partial charge in [0.25, 0.3) is 10.2 Å². The number of hydrogen-bond acceptors (Lipinski definition) is 2. The van der Waals surface area contributed by atoms with Crippen molar-refractivity contribution in [2.24, 2.45) is 17.8 Å². The van der Waals surface area contributed by atoms with Gasteiger partial charge in [0, 0.05) is 32.1 Å². The van der Waals surface area contributed by atoms with Gasteiger partial charge in [-0.05, 0) is 43.4 Å². The Balaban J connectivity index is 1.97. The maximum absolute atomic E-state index is 12.7. The summed E-state index contributed by atoms with van der Waals surface area (Å²) in [7, 11) is -3.27. The zero-order valence-electron chi connectivity index (χ0n) is 12.6. The summed E-state index contributed by atoms with van der Waals surface area (Å²) in [6.07, 6.45) is 3.96. The van der Waals surface area contributed by atoms with Crippen molar-refractivity contribution < 1.29 is 8.42 Å². The molecule has 1 atom stereocenters. The minimum Gasteiger partial charge on any atom is -0.195 e. The lowest BCUT2D eigenvalue weighted by Gasteiger charge is -2.38. The zero-order valence-corrected chi connectivity index (χ0v) is 14.2. The first kappa shape index (κ1) is 16.5. The molecule has 1 unspecified atom stereocenters. The highest BCUT2D eigenvalue weighted by atomic mass is 35.5. The Morgan fingerprint density at radius 3 is 2.30 bits per heavy atom. The Bertz CT molecular complexity index is 405. The fraction of sp³-hybridized carbons (Fsp3) is 1.00. The van der Waals surface area contributed by atoms with Crippen molar-refractivity contribution in [1.82, 2.24) is 8.61 Å². The van der Waals surface area contributed by atoms with Gasteiger partial charge in [0.2, 0.25) is 0 Å². The first-order valence-corrected chi connectivity index (χ1v) is 9.69. The van der Waals surface area contributed by atoms with Crippen molar-refractivity contribution in [1.29, 1.82) is 0 Å². The highest BCUT2D eigenvalue weighted by molar-refractivity contribution is 7.86. The largest absolute Gasteiger partial charge is 0.281 e. The van der Waals surface area contributed by atoms with Crippen molar-refractivity contribution in [2.75, 3.05) is 32.1 Å². The van der Waals surface area contributed by atoms with E-state index in [-0.39, 0.29) is 0 Å². The van der Waals surface area contributed by atoms with Crippen LogP contribution in [-0.2, 0) is 10.2 Å². The van der Waals surface area contributed by atoms with Gasteiger partial charge >= 0.3 is 0 Å². The average Bonchev–Trinajstić information content (AvgIpc) is 2.47. The fourth-order valence-corrected chi connectivity index (χ4v) is 5.31. The molecule has 0 bridgehead atoms. The molecule has 0 N–H and O–H groups in total. The van der Waals surface area contributed by atoms with Gasteiger partial charge < -0.3 is 0 Å². The third-order valence-electron chi connectivity index (χ3n) is 4.79. The molecule has 0 aliphatic carbocycles. The first-order chi connectivity index (χ1) is 9.45. The van der Waals surface area contributed by atoms with Gasteiger partial charge in [0.05, 0.1) is 0 Å². The van der Waals surface area contributed by atoms with E-state index >= 15 is 0 Å². The number of nitrogens with zero attached hydrogens (tertiary/aromatic N) is 2. The maximum atomic E-state index is 12.7. The zero-order chi connectivity index (χ0) is 14.8. The second-order valence-corrected chi connectivity index (χ2v) is 8.75. The lowest BCUT2D eigenvalue weighted by molar-refractivity contribution is 0.204. The van der Waals surface area contributed by atoms with Gasteiger partial charge in [-0.25, -0.2) is 0 Å². The molecule has 0 spiro atoms. The second-order valence-electron chi connectivity index (χ2n) is 6.51. The predicted octanol–water partition coefficient (Wildman–Crippen LogP) is 2.55. The van der Waals surface area contributed by atoms with E-state index in [1.807, 2.05) is 0 Å². The van der Waals surface area contributed by atoms with Crippen molar-refractivity contribution in [2.45, 2.75) is 39.5 Å². The topological polar surface area (TPSA) is 40.6 Å². The van der Waals surface area contributed by atoms with Crippen LogP contribution in [0.15, 0.2) is 0 Å². The molecule has 0 amide bonds. The summed E-state index contributed by atoms with van der Waals surface area (Å²) in [5.74, 6) is 2.18. The summed E-state index contributed by atoms with van der Waals surface area (Å²) in [6.45, 7) is 7.05. The molecule has 0 saturated carbocycles. The first-order valence-electron chi connectivity index (χ1n) is 7.76. The van der Waals surface area contributed by atoms with Crippen molar-refractivity contribution in [3.8, 4) is 0 Å². The standard InChI is InChI=1S/C14H27ClN2O2S/c1-12(2)14-5-8-16(9-6-14)20(18,19)17-7-3-4-13(10-15)11-17/h12-14H,3-11H2,1-2H3. The van der Waals surface area contributed by atoms with Crippen LogP contribution in [0, 0.1) is 17.8 Å². The van der Waals surface area contributed by atoms with Crippen LogP contribution in [0.5, 0.6) is 0 Å². The SMILES string of the molecule is CC(C)C1CCN(S(=O)(=O)N2CCCC(CCl)C2)CC1. The van der Waals surface area contributed by atoms with Crippen molar-refractivity contribution in [3.05, 3.63) is 0 Å². The van der Waals surface area contributed by atoms with Gasteiger partial charge in [-0.2, -0.15) is 17.0 Å². The molecule has 2 rings (SSSR count). The molecule has 2 aliphatic rings. The molecule has 2 heterocycles. The van der Waals surface area contributed by atoms with Crippen LogP contribution in [0.1, 0.15) is 39.5 Å². The molecule has 2 fully saturated rings. The number of halogens is 1. The summed E-state index contributed by atoms with van der Waals surface area (Å²) >= 11 is 5.90. The Labute approximate surface area is 128 Å². The van der Waals surface area contributed by atoms with Crippen LogP contribution in [0.4, 0.5) is 0 Å². The van der Waals surface area contributed by atoms with E-state index in [1.165, 1.54) is 0 Å². The molecule has 118 valence electrons. The van der Waals surface area contributed by atoms with Crippen molar-refractivity contribution in [3.63, 3.8) is 0 Å². The van der Waals surface area contributed by atoms with Crippen LogP contribution in [0.2, 0.25) is 0 Å². The number of piperidine rings is 2. The molecule has 0 aromatic heterocycles. The van der Waals surface area contributed by atoms with Gasteiger partial charge in [0.1, 0.15) is 0 Å². The summed E-state index contributed by atoms with van der Waals surface area (Å²) in [6, 6.07) is 0. The van der Waals surface area contributed by atoms with E-state index < -0.39 is 10.2 Å². The van der Waals surface area contributed by atoms with Crippen molar-refractivity contribution >= 4 is 21.8 Å². The monoisotopic (exact) mass is 322 g/mol. The Morgan fingerprint density at radius 2 is 1.75 bits per heavy atom. The molecule has 2 saturated heterocycles. The van der Waals surface area contributed by atoms with Gasteiger partial charge in [-0.15, -0.1) is 11.6 Å². The summed E-state index contributed by atoms with van der Waals surface area (Å²) < 4.78 is 28.7. The van der Waals surface area contributed by atoms with Gasteiger partial charge in [-0.3, -0.25) is 0 Å². The molecule has 0 radical (unpaired) electrons. The third-order valence-corrected chi connectivity index (χ3v) is 7.23. The molecular formula is C14H27ClN2O2S. The maximum Gasteiger partial charge on any atom is 0.281 e. The summed E-state index contributed by atoms with van der Waals surface area (Å²) in [5, 5.41) is 0. The summed E-state index contributed by atoms with van der Waals surface area (Å²) in [4.78, 5) is 0. The van der Waals surface area contributed by atoms with E-state index in [2.05, 4.69) is 13.8 Å². The van der Waals surface area contributed by atoms with E-state index in [0.717, 1.165) is 25.7 Å². The minimum absolute atomic E-state index is 0.313. The Hall–Kier alpha value is 0.160. The molecule has 0 aromatic carbocycles. The lowest BCUT2D eigenvalue weighted by atomic mass is 9.87. The third kappa shape index (κ3) is 3.67. The molecule has 20 heavy (non-hydrogen) atoms. The fourth-order valence-electron chi connectivity index (χ4n) is 3.30. The quantitative estimate of drug-likeness (QED) is 0.746.